The Morgan fingerprint density at radius 1 is 1.00 bits per heavy atom. The van der Waals surface area contributed by atoms with Gasteiger partial charge in [-0.1, -0.05) is 24.3 Å². The topological polar surface area (TPSA) is 101 Å². The van der Waals surface area contributed by atoms with Crippen molar-refractivity contribution in [3.63, 3.8) is 0 Å². The lowest BCUT2D eigenvalue weighted by atomic mass is 10.1. The number of pyridine rings is 1. The number of rotatable bonds is 4. The van der Waals surface area contributed by atoms with E-state index in [2.05, 4.69) is 25.9 Å². The molecule has 3 heterocycles. The zero-order valence-corrected chi connectivity index (χ0v) is 17.1. The van der Waals surface area contributed by atoms with Crippen LogP contribution in [-0.2, 0) is 11.2 Å². The SMILES string of the molecule is Cc1cc2nc(C)c(CCC(=O)NNC(=O)c3ccc4ccccc4n3)c(C)n2n1. The van der Waals surface area contributed by atoms with Crippen molar-refractivity contribution in [1.82, 2.24) is 30.4 Å². The molecular weight excluding hydrogens is 380 g/mol. The number of nitrogens with one attached hydrogen (secondary N) is 2. The van der Waals surface area contributed by atoms with Gasteiger partial charge in [0.2, 0.25) is 5.91 Å². The maximum atomic E-state index is 12.3. The molecule has 4 rings (SSSR count). The predicted molar refractivity (Wildman–Crippen MR) is 113 cm³/mol. The first-order valence-electron chi connectivity index (χ1n) is 9.70. The fourth-order valence-electron chi connectivity index (χ4n) is 3.49. The fourth-order valence-corrected chi connectivity index (χ4v) is 3.49. The molecule has 8 heteroatoms. The molecular formula is C22H22N6O2. The van der Waals surface area contributed by atoms with Gasteiger partial charge in [-0.25, -0.2) is 14.5 Å². The van der Waals surface area contributed by atoms with E-state index in [4.69, 9.17) is 0 Å². The van der Waals surface area contributed by atoms with E-state index in [-0.39, 0.29) is 18.0 Å². The summed E-state index contributed by atoms with van der Waals surface area (Å²) in [4.78, 5) is 33.5. The van der Waals surface area contributed by atoms with Gasteiger partial charge in [0.1, 0.15) is 5.69 Å². The van der Waals surface area contributed by atoms with Crippen LogP contribution in [0, 0.1) is 20.8 Å². The molecule has 2 amide bonds. The van der Waals surface area contributed by atoms with E-state index in [1.54, 1.807) is 10.6 Å². The molecule has 0 unspecified atom stereocenters. The second-order valence-corrected chi connectivity index (χ2v) is 7.21. The molecule has 0 aliphatic rings. The third kappa shape index (κ3) is 3.84. The molecule has 0 radical (unpaired) electrons. The normalized spacial score (nSPS) is 11.0. The molecule has 0 atom stereocenters. The molecule has 0 fully saturated rings. The lowest BCUT2D eigenvalue weighted by Crippen LogP contribution is -2.42. The Balaban J connectivity index is 1.38. The zero-order valence-electron chi connectivity index (χ0n) is 17.1. The quantitative estimate of drug-likeness (QED) is 0.511. The van der Waals surface area contributed by atoms with Crippen molar-refractivity contribution >= 4 is 28.4 Å². The average molecular weight is 402 g/mol. The smallest absolute Gasteiger partial charge is 0.273 e. The molecule has 0 saturated carbocycles. The number of amides is 2. The van der Waals surface area contributed by atoms with Crippen LogP contribution in [0.2, 0.25) is 0 Å². The van der Waals surface area contributed by atoms with Gasteiger partial charge in [0.05, 0.1) is 11.2 Å². The minimum Gasteiger partial charge on any atom is -0.273 e. The summed E-state index contributed by atoms with van der Waals surface area (Å²) in [5, 5.41) is 5.39. The van der Waals surface area contributed by atoms with Crippen LogP contribution >= 0.6 is 0 Å². The Bertz CT molecular complexity index is 1280. The molecule has 0 bridgehead atoms. The Kier molecular flexibility index (Phi) is 5.14. The summed E-state index contributed by atoms with van der Waals surface area (Å²) in [6.07, 6.45) is 0.704. The first-order chi connectivity index (χ1) is 14.4. The van der Waals surface area contributed by atoms with Gasteiger partial charge in [-0.15, -0.1) is 0 Å². The summed E-state index contributed by atoms with van der Waals surface area (Å²) in [6.45, 7) is 5.81. The van der Waals surface area contributed by atoms with Crippen LogP contribution in [0.1, 0.15) is 39.6 Å². The molecule has 30 heavy (non-hydrogen) atoms. The minimum absolute atomic E-state index is 0.209. The van der Waals surface area contributed by atoms with E-state index in [1.807, 2.05) is 57.2 Å². The highest BCUT2D eigenvalue weighted by Crippen LogP contribution is 2.17. The molecule has 8 nitrogen and oxygen atoms in total. The number of carbonyl (C=O) groups excluding carboxylic acids is 2. The van der Waals surface area contributed by atoms with Crippen LogP contribution in [0.3, 0.4) is 0 Å². The molecule has 0 aliphatic carbocycles. The van der Waals surface area contributed by atoms with Crippen LogP contribution < -0.4 is 10.9 Å². The maximum Gasteiger partial charge on any atom is 0.288 e. The van der Waals surface area contributed by atoms with E-state index in [1.165, 1.54) is 0 Å². The van der Waals surface area contributed by atoms with Crippen LogP contribution in [-0.4, -0.2) is 31.4 Å². The Morgan fingerprint density at radius 2 is 1.80 bits per heavy atom. The van der Waals surface area contributed by atoms with Gasteiger partial charge >= 0.3 is 0 Å². The average Bonchev–Trinajstić information content (AvgIpc) is 3.11. The predicted octanol–water partition coefficient (Wildman–Crippen LogP) is 2.60. The van der Waals surface area contributed by atoms with Gasteiger partial charge in [0.15, 0.2) is 5.65 Å². The second kappa shape index (κ2) is 7.90. The zero-order chi connectivity index (χ0) is 21.3. The number of hydrogen-bond donors (Lipinski definition) is 2. The van der Waals surface area contributed by atoms with Crippen LogP contribution in [0.4, 0.5) is 0 Å². The number of para-hydroxylation sites is 1. The van der Waals surface area contributed by atoms with Crippen LogP contribution in [0.15, 0.2) is 42.5 Å². The molecule has 0 aliphatic heterocycles. The first-order valence-corrected chi connectivity index (χ1v) is 9.70. The number of carbonyl (C=O) groups is 2. The van der Waals surface area contributed by atoms with Crippen molar-refractivity contribution in [1.29, 1.82) is 0 Å². The maximum absolute atomic E-state index is 12.3. The monoisotopic (exact) mass is 402 g/mol. The van der Waals surface area contributed by atoms with Crippen molar-refractivity contribution in [2.24, 2.45) is 0 Å². The van der Waals surface area contributed by atoms with Crippen molar-refractivity contribution in [3.8, 4) is 0 Å². The van der Waals surface area contributed by atoms with Gasteiger partial charge in [-0.05, 0) is 44.9 Å². The molecule has 0 spiro atoms. The number of fused-ring (bicyclic) bond motifs is 2. The third-order valence-corrected chi connectivity index (χ3v) is 5.03. The van der Waals surface area contributed by atoms with E-state index in [0.29, 0.717) is 6.42 Å². The van der Waals surface area contributed by atoms with Gasteiger partial charge in [-0.3, -0.25) is 20.4 Å². The lowest BCUT2D eigenvalue weighted by Gasteiger charge is -2.11. The summed E-state index contributed by atoms with van der Waals surface area (Å²) in [5.41, 5.74) is 10.3. The largest absolute Gasteiger partial charge is 0.288 e. The fraction of sp³-hybridized carbons (Fsp3) is 0.227. The summed E-state index contributed by atoms with van der Waals surface area (Å²) < 4.78 is 1.79. The molecule has 1 aromatic carbocycles. The Labute approximate surface area is 173 Å². The molecule has 3 aromatic heterocycles. The van der Waals surface area contributed by atoms with Crippen molar-refractivity contribution in [2.45, 2.75) is 33.6 Å². The van der Waals surface area contributed by atoms with Crippen molar-refractivity contribution < 1.29 is 9.59 Å². The van der Waals surface area contributed by atoms with Gasteiger partial charge < -0.3 is 0 Å². The van der Waals surface area contributed by atoms with Gasteiger partial charge in [0.25, 0.3) is 5.91 Å². The lowest BCUT2D eigenvalue weighted by molar-refractivity contribution is -0.121. The molecule has 4 aromatic rings. The summed E-state index contributed by atoms with van der Waals surface area (Å²) >= 11 is 0. The summed E-state index contributed by atoms with van der Waals surface area (Å²) in [5.74, 6) is -0.753. The highest BCUT2D eigenvalue weighted by molar-refractivity contribution is 5.95. The van der Waals surface area contributed by atoms with Crippen molar-refractivity contribution in [3.05, 3.63) is 70.8 Å². The standard InChI is InChI=1S/C22H22N6O2/c1-13-12-20-23-14(2)17(15(3)28(20)27-13)9-11-21(29)25-26-22(30)19-10-8-16-6-4-5-7-18(16)24-19/h4-8,10,12H,9,11H2,1-3H3,(H,25,29)(H,26,30). The highest BCUT2D eigenvalue weighted by atomic mass is 16.2. The van der Waals surface area contributed by atoms with E-state index < -0.39 is 5.91 Å². The molecule has 0 saturated heterocycles. The van der Waals surface area contributed by atoms with Gasteiger partial charge in [-0.2, -0.15) is 5.10 Å². The number of aromatic nitrogens is 4. The van der Waals surface area contributed by atoms with Crippen LogP contribution in [0.5, 0.6) is 0 Å². The third-order valence-electron chi connectivity index (χ3n) is 5.03. The second-order valence-electron chi connectivity index (χ2n) is 7.21. The number of hydrogen-bond acceptors (Lipinski definition) is 5. The Hall–Kier alpha value is -3.81. The highest BCUT2D eigenvalue weighted by Gasteiger charge is 2.14. The molecule has 2 N–H and O–H groups in total. The van der Waals surface area contributed by atoms with Crippen molar-refractivity contribution in [2.75, 3.05) is 0 Å². The number of aryl methyl sites for hydroxylation is 3. The first kappa shape index (κ1) is 19.5. The summed E-state index contributed by atoms with van der Waals surface area (Å²) in [7, 11) is 0. The minimum atomic E-state index is -0.462. The molecule has 152 valence electrons. The summed E-state index contributed by atoms with van der Waals surface area (Å²) in [6, 6.07) is 12.9. The van der Waals surface area contributed by atoms with E-state index in [0.717, 1.165) is 39.2 Å². The Morgan fingerprint density at radius 3 is 2.63 bits per heavy atom. The van der Waals surface area contributed by atoms with E-state index in [9.17, 15) is 9.59 Å². The van der Waals surface area contributed by atoms with E-state index >= 15 is 0 Å². The number of nitrogens with zero attached hydrogens (tertiary/aromatic N) is 4. The van der Waals surface area contributed by atoms with Crippen LogP contribution in [0.25, 0.3) is 16.6 Å². The number of hydrazine groups is 1. The number of benzene rings is 1. The van der Waals surface area contributed by atoms with Gasteiger partial charge in [0, 0.05) is 29.3 Å².